The number of ether oxygens (including phenoxy) is 1. The Kier molecular flexibility index (Phi) is 7.25. The second-order valence-corrected chi connectivity index (χ2v) is 8.74. The number of hydrogen-bond donors (Lipinski definition) is 1. The number of imide groups is 2. The van der Waals surface area contributed by atoms with Crippen LogP contribution in [0.1, 0.15) is 11.1 Å². The van der Waals surface area contributed by atoms with E-state index in [0.717, 1.165) is 11.6 Å². The molecule has 0 bridgehead atoms. The number of non-ortho nitro benzene ring substituents is 1. The molecule has 0 aliphatic carbocycles. The van der Waals surface area contributed by atoms with E-state index >= 15 is 0 Å². The van der Waals surface area contributed by atoms with E-state index < -0.39 is 28.3 Å². The normalized spacial score (nSPS) is 14.7. The van der Waals surface area contributed by atoms with Crippen molar-refractivity contribution in [3.63, 3.8) is 0 Å². The van der Waals surface area contributed by atoms with Crippen molar-refractivity contribution in [1.29, 1.82) is 0 Å². The topological polar surface area (TPSA) is 119 Å². The molecule has 1 aliphatic rings. The van der Waals surface area contributed by atoms with Crippen molar-refractivity contribution >= 4 is 70.1 Å². The summed E-state index contributed by atoms with van der Waals surface area (Å²) in [5.74, 6) is -1.82. The first-order valence-corrected chi connectivity index (χ1v) is 11.3. The van der Waals surface area contributed by atoms with E-state index in [1.807, 2.05) is 0 Å². The van der Waals surface area contributed by atoms with Crippen LogP contribution in [0.5, 0.6) is 5.75 Å². The smallest absolute Gasteiger partial charge is 0.335 e. The van der Waals surface area contributed by atoms with Gasteiger partial charge in [0.05, 0.1) is 15.6 Å². The van der Waals surface area contributed by atoms with Crippen molar-refractivity contribution in [1.82, 2.24) is 5.32 Å². The summed E-state index contributed by atoms with van der Waals surface area (Å²) in [5.41, 5.74) is 0.116. The first-order chi connectivity index (χ1) is 17.1. The van der Waals surface area contributed by atoms with Crippen LogP contribution in [-0.4, -0.2) is 22.8 Å². The molecule has 1 N–H and O–H groups in total. The van der Waals surface area contributed by atoms with Gasteiger partial charge in [0.1, 0.15) is 17.9 Å². The summed E-state index contributed by atoms with van der Waals surface area (Å²) in [6, 6.07) is 13.6. The van der Waals surface area contributed by atoms with Crippen LogP contribution in [0.15, 0.2) is 66.2 Å². The maximum atomic E-state index is 13.2. The maximum Gasteiger partial charge on any atom is 0.335 e. The monoisotopic (exact) mass is 545 g/mol. The largest absolute Gasteiger partial charge is 0.487 e. The predicted octanol–water partition coefficient (Wildman–Crippen LogP) is 5.80. The Bertz CT molecular complexity index is 1440. The van der Waals surface area contributed by atoms with Crippen molar-refractivity contribution in [3.8, 4) is 5.75 Å². The van der Waals surface area contributed by atoms with Crippen LogP contribution in [0.4, 0.5) is 16.2 Å². The molecule has 3 aromatic carbocycles. The van der Waals surface area contributed by atoms with Crippen molar-refractivity contribution in [3.05, 3.63) is 103 Å². The number of amides is 4. The Balaban J connectivity index is 1.72. The fourth-order valence-electron chi connectivity index (χ4n) is 3.37. The van der Waals surface area contributed by atoms with Crippen LogP contribution in [0, 0.1) is 10.1 Å². The Morgan fingerprint density at radius 1 is 0.972 bits per heavy atom. The maximum absolute atomic E-state index is 13.2. The summed E-state index contributed by atoms with van der Waals surface area (Å²) >= 11 is 18.4. The molecule has 0 atom stereocenters. The minimum absolute atomic E-state index is 0.0894. The number of carbonyl (C=O) groups is 3. The van der Waals surface area contributed by atoms with Gasteiger partial charge in [-0.05, 0) is 42.0 Å². The van der Waals surface area contributed by atoms with Crippen LogP contribution >= 0.6 is 34.8 Å². The Hall–Kier alpha value is -3.92. The van der Waals surface area contributed by atoms with Gasteiger partial charge in [-0.2, -0.15) is 0 Å². The van der Waals surface area contributed by atoms with Gasteiger partial charge >= 0.3 is 6.03 Å². The van der Waals surface area contributed by atoms with E-state index in [4.69, 9.17) is 39.5 Å². The third-order valence-corrected chi connectivity index (χ3v) is 5.78. The van der Waals surface area contributed by atoms with Crippen molar-refractivity contribution in [2.45, 2.75) is 6.61 Å². The van der Waals surface area contributed by atoms with Crippen molar-refractivity contribution in [2.75, 3.05) is 4.90 Å². The molecule has 0 radical (unpaired) electrons. The molecule has 1 heterocycles. The molecule has 12 heteroatoms. The van der Waals surface area contributed by atoms with Crippen molar-refractivity contribution in [2.24, 2.45) is 0 Å². The number of nitro groups is 1. The van der Waals surface area contributed by atoms with Gasteiger partial charge in [-0.15, -0.1) is 0 Å². The van der Waals surface area contributed by atoms with E-state index in [1.54, 1.807) is 24.3 Å². The molecule has 182 valence electrons. The predicted molar refractivity (Wildman–Crippen MR) is 134 cm³/mol. The lowest BCUT2D eigenvalue weighted by Crippen LogP contribution is -2.54. The third kappa shape index (κ3) is 5.33. The fourth-order valence-corrected chi connectivity index (χ4v) is 4.06. The third-order valence-electron chi connectivity index (χ3n) is 5.03. The van der Waals surface area contributed by atoms with E-state index in [2.05, 4.69) is 5.32 Å². The summed E-state index contributed by atoms with van der Waals surface area (Å²) in [6.45, 7) is 0.0904. The lowest BCUT2D eigenvalue weighted by atomic mass is 10.1. The number of nitro benzene ring substituents is 1. The van der Waals surface area contributed by atoms with Crippen LogP contribution < -0.4 is 15.0 Å². The number of rotatable bonds is 6. The quantitative estimate of drug-likeness (QED) is 0.181. The fraction of sp³-hybridized carbons (Fsp3) is 0.0417. The number of barbiturate groups is 1. The van der Waals surface area contributed by atoms with Crippen LogP contribution in [0.25, 0.3) is 6.08 Å². The van der Waals surface area contributed by atoms with E-state index in [0.29, 0.717) is 9.92 Å². The molecular formula is C24H14Cl3N3O6. The zero-order chi connectivity index (χ0) is 26.0. The molecule has 3 aromatic rings. The minimum Gasteiger partial charge on any atom is -0.487 e. The van der Waals surface area contributed by atoms with Gasteiger partial charge in [-0.25, -0.2) is 9.69 Å². The summed E-state index contributed by atoms with van der Waals surface area (Å²) in [4.78, 5) is 49.3. The van der Waals surface area contributed by atoms with Crippen LogP contribution in [0.3, 0.4) is 0 Å². The van der Waals surface area contributed by atoms with Gasteiger partial charge < -0.3 is 4.74 Å². The number of benzene rings is 3. The first kappa shape index (κ1) is 25.2. The van der Waals surface area contributed by atoms with Gasteiger partial charge in [0.25, 0.3) is 17.5 Å². The highest BCUT2D eigenvalue weighted by atomic mass is 35.5. The molecule has 0 spiro atoms. The minimum atomic E-state index is -1.05. The zero-order valence-corrected chi connectivity index (χ0v) is 20.3. The zero-order valence-electron chi connectivity index (χ0n) is 18.0. The average Bonchev–Trinajstić information content (AvgIpc) is 2.82. The lowest BCUT2D eigenvalue weighted by molar-refractivity contribution is -0.384. The highest BCUT2D eigenvalue weighted by molar-refractivity contribution is 6.40. The van der Waals surface area contributed by atoms with E-state index in [-0.39, 0.29) is 39.3 Å². The standard InChI is InChI=1S/C24H14Cl3N3O6/c25-15-6-4-13(5-7-15)12-36-21-14(8-16(26)10-20(21)27)9-19-22(31)28-24(33)29(23(19)32)17-2-1-3-18(11-17)30(34)35/h1-11H,12H2,(H,28,31,33)/b19-9+. The molecular weight excluding hydrogens is 533 g/mol. The van der Waals surface area contributed by atoms with Gasteiger partial charge in [0.15, 0.2) is 0 Å². The highest BCUT2D eigenvalue weighted by Gasteiger charge is 2.37. The molecule has 9 nitrogen and oxygen atoms in total. The first-order valence-electron chi connectivity index (χ1n) is 10.2. The Labute approximate surface area is 219 Å². The molecule has 4 rings (SSSR count). The number of anilines is 1. The Morgan fingerprint density at radius 2 is 1.69 bits per heavy atom. The number of nitrogens with zero attached hydrogens (tertiary/aromatic N) is 2. The number of halogens is 3. The highest BCUT2D eigenvalue weighted by Crippen LogP contribution is 2.35. The molecule has 1 fully saturated rings. The molecule has 0 saturated carbocycles. The number of hydrogen-bond acceptors (Lipinski definition) is 6. The molecule has 0 aromatic heterocycles. The summed E-state index contributed by atoms with van der Waals surface area (Å²) in [7, 11) is 0. The van der Waals surface area contributed by atoms with E-state index in [1.165, 1.54) is 36.4 Å². The Morgan fingerprint density at radius 3 is 2.39 bits per heavy atom. The number of nitrogens with one attached hydrogen (secondary N) is 1. The number of urea groups is 1. The van der Waals surface area contributed by atoms with Gasteiger partial charge in [-0.3, -0.25) is 25.0 Å². The van der Waals surface area contributed by atoms with E-state index in [9.17, 15) is 24.5 Å². The van der Waals surface area contributed by atoms with Crippen molar-refractivity contribution < 1.29 is 24.0 Å². The van der Waals surface area contributed by atoms with Crippen LogP contribution in [-0.2, 0) is 16.2 Å². The SMILES string of the molecule is O=C1NC(=O)N(c2cccc([N+](=O)[O-])c2)C(=O)/C1=C/c1cc(Cl)cc(Cl)c1OCc1ccc(Cl)cc1. The van der Waals surface area contributed by atoms with Gasteiger partial charge in [0.2, 0.25) is 0 Å². The number of carbonyl (C=O) groups excluding carboxylic acids is 3. The average molecular weight is 547 g/mol. The molecule has 4 amide bonds. The lowest BCUT2D eigenvalue weighted by Gasteiger charge is -2.26. The molecule has 0 unspecified atom stereocenters. The molecule has 1 saturated heterocycles. The second-order valence-electron chi connectivity index (χ2n) is 7.46. The summed E-state index contributed by atoms with van der Waals surface area (Å²) in [5, 5.41) is 14.1. The second kappa shape index (κ2) is 10.4. The van der Waals surface area contributed by atoms with Crippen LogP contribution in [0.2, 0.25) is 15.1 Å². The molecule has 1 aliphatic heterocycles. The summed E-state index contributed by atoms with van der Waals surface area (Å²) in [6.07, 6.45) is 1.18. The van der Waals surface area contributed by atoms with Gasteiger partial charge in [-0.1, -0.05) is 53.0 Å². The van der Waals surface area contributed by atoms with Gasteiger partial charge in [0, 0.05) is 27.7 Å². The summed E-state index contributed by atoms with van der Waals surface area (Å²) < 4.78 is 5.86. The molecule has 36 heavy (non-hydrogen) atoms.